The molecule has 0 aliphatic rings. The molecule has 0 saturated carbocycles. The summed E-state index contributed by atoms with van der Waals surface area (Å²) in [6.07, 6.45) is 0. The van der Waals surface area contributed by atoms with Crippen molar-refractivity contribution in [3.8, 4) is 6.01 Å². The van der Waals surface area contributed by atoms with Crippen LogP contribution in [0.25, 0.3) is 0 Å². The molecular formula is C14H19N3O2S. The van der Waals surface area contributed by atoms with Gasteiger partial charge in [0.25, 0.3) is 11.6 Å². The van der Waals surface area contributed by atoms with Crippen molar-refractivity contribution < 1.29 is 4.74 Å². The van der Waals surface area contributed by atoms with Crippen molar-refractivity contribution in [3.05, 3.63) is 44.0 Å². The molecule has 0 unspecified atom stereocenters. The van der Waals surface area contributed by atoms with Crippen LogP contribution in [0.3, 0.4) is 0 Å². The minimum atomic E-state index is -0.0801. The summed E-state index contributed by atoms with van der Waals surface area (Å²) in [5.74, 6) is 0. The van der Waals surface area contributed by atoms with Crippen molar-refractivity contribution in [3.63, 3.8) is 0 Å². The molecule has 20 heavy (non-hydrogen) atoms. The van der Waals surface area contributed by atoms with E-state index in [2.05, 4.69) is 28.7 Å². The largest absolute Gasteiger partial charge is 0.468 e. The van der Waals surface area contributed by atoms with E-state index in [0.29, 0.717) is 24.8 Å². The van der Waals surface area contributed by atoms with E-state index in [1.807, 2.05) is 0 Å². The fraction of sp³-hybridized carbons (Fsp3) is 0.429. The van der Waals surface area contributed by atoms with Gasteiger partial charge in [-0.3, -0.25) is 9.36 Å². The molecular weight excluding hydrogens is 274 g/mol. The molecule has 2 heterocycles. The van der Waals surface area contributed by atoms with E-state index in [1.165, 1.54) is 23.6 Å². The highest BCUT2D eigenvalue weighted by atomic mass is 32.1. The van der Waals surface area contributed by atoms with Gasteiger partial charge in [-0.1, -0.05) is 0 Å². The third-order valence-electron chi connectivity index (χ3n) is 3.05. The first-order valence-electron chi connectivity index (χ1n) is 6.48. The Kier molecular flexibility index (Phi) is 4.92. The summed E-state index contributed by atoms with van der Waals surface area (Å²) in [6, 6.07) is 3.99. The predicted octanol–water partition coefficient (Wildman–Crippen LogP) is 1.72. The Morgan fingerprint density at radius 2 is 2.25 bits per heavy atom. The maximum Gasteiger partial charge on any atom is 0.299 e. The highest BCUT2D eigenvalue weighted by Crippen LogP contribution is 2.14. The molecule has 0 fully saturated rings. The Hall–Kier alpha value is -1.66. The highest BCUT2D eigenvalue weighted by molar-refractivity contribution is 7.10. The van der Waals surface area contributed by atoms with Crippen LogP contribution in [0, 0.1) is 13.8 Å². The summed E-state index contributed by atoms with van der Waals surface area (Å²) in [5.41, 5.74) is 1.89. The first-order chi connectivity index (χ1) is 9.61. The summed E-state index contributed by atoms with van der Waals surface area (Å²) in [7, 11) is 1.53. The van der Waals surface area contributed by atoms with Crippen molar-refractivity contribution in [2.45, 2.75) is 26.9 Å². The molecule has 6 heteroatoms. The van der Waals surface area contributed by atoms with Crippen molar-refractivity contribution in [2.75, 3.05) is 13.7 Å². The van der Waals surface area contributed by atoms with Gasteiger partial charge in [-0.05, 0) is 30.9 Å². The first-order valence-corrected chi connectivity index (χ1v) is 7.36. The van der Waals surface area contributed by atoms with Gasteiger partial charge in [0, 0.05) is 36.3 Å². The van der Waals surface area contributed by atoms with Crippen LogP contribution in [0.4, 0.5) is 0 Å². The summed E-state index contributed by atoms with van der Waals surface area (Å²) >= 11 is 1.74. The molecule has 0 atom stereocenters. The molecule has 0 amide bonds. The zero-order valence-electron chi connectivity index (χ0n) is 12.0. The van der Waals surface area contributed by atoms with Gasteiger partial charge in [0.1, 0.15) is 0 Å². The number of methoxy groups -OCH3 is 1. The van der Waals surface area contributed by atoms with Crippen LogP contribution in [0.5, 0.6) is 6.01 Å². The SMILES string of the molecule is COc1nc(C)cc(=O)n1CCNCc1sccc1C. The fourth-order valence-corrected chi connectivity index (χ4v) is 2.81. The second-order valence-electron chi connectivity index (χ2n) is 4.58. The van der Waals surface area contributed by atoms with Crippen LogP contribution in [-0.2, 0) is 13.1 Å². The molecule has 0 aromatic carbocycles. The van der Waals surface area contributed by atoms with Crippen molar-refractivity contribution in [1.82, 2.24) is 14.9 Å². The zero-order valence-corrected chi connectivity index (χ0v) is 12.8. The third-order valence-corrected chi connectivity index (χ3v) is 4.07. The van der Waals surface area contributed by atoms with Crippen molar-refractivity contribution in [1.29, 1.82) is 0 Å². The van der Waals surface area contributed by atoms with E-state index in [1.54, 1.807) is 22.8 Å². The summed E-state index contributed by atoms with van der Waals surface area (Å²) in [6.45, 7) is 5.94. The Labute approximate surface area is 122 Å². The lowest BCUT2D eigenvalue weighted by Crippen LogP contribution is -2.28. The van der Waals surface area contributed by atoms with Gasteiger partial charge in [-0.2, -0.15) is 0 Å². The third kappa shape index (κ3) is 3.46. The molecule has 1 N–H and O–H groups in total. The summed E-state index contributed by atoms with van der Waals surface area (Å²) < 4.78 is 6.70. The molecule has 0 aliphatic carbocycles. The molecule has 0 spiro atoms. The van der Waals surface area contributed by atoms with E-state index in [4.69, 9.17) is 4.74 Å². The summed E-state index contributed by atoms with van der Waals surface area (Å²) in [4.78, 5) is 17.4. The number of aromatic nitrogens is 2. The minimum absolute atomic E-state index is 0.0801. The van der Waals surface area contributed by atoms with Crippen LogP contribution in [-0.4, -0.2) is 23.2 Å². The predicted molar refractivity (Wildman–Crippen MR) is 80.5 cm³/mol. The molecule has 0 radical (unpaired) electrons. The lowest BCUT2D eigenvalue weighted by atomic mass is 10.3. The van der Waals surface area contributed by atoms with Gasteiger partial charge in [-0.25, -0.2) is 4.98 Å². The molecule has 5 nitrogen and oxygen atoms in total. The number of hydrogen-bond donors (Lipinski definition) is 1. The molecule has 0 saturated heterocycles. The van der Waals surface area contributed by atoms with Gasteiger partial charge in [-0.15, -0.1) is 11.3 Å². The second-order valence-corrected chi connectivity index (χ2v) is 5.58. The van der Waals surface area contributed by atoms with Crippen LogP contribution in [0.15, 0.2) is 22.3 Å². The first kappa shape index (κ1) is 14.7. The zero-order chi connectivity index (χ0) is 14.5. The van der Waals surface area contributed by atoms with Gasteiger partial charge in [0.2, 0.25) is 0 Å². The van der Waals surface area contributed by atoms with E-state index in [-0.39, 0.29) is 5.56 Å². The van der Waals surface area contributed by atoms with Crippen molar-refractivity contribution in [2.24, 2.45) is 0 Å². The second kappa shape index (κ2) is 6.67. The van der Waals surface area contributed by atoms with Crippen molar-refractivity contribution >= 4 is 11.3 Å². The van der Waals surface area contributed by atoms with Crippen LogP contribution < -0.4 is 15.6 Å². The molecule has 108 valence electrons. The van der Waals surface area contributed by atoms with E-state index < -0.39 is 0 Å². The van der Waals surface area contributed by atoms with E-state index in [9.17, 15) is 4.79 Å². The topological polar surface area (TPSA) is 56.1 Å². The van der Waals surface area contributed by atoms with E-state index >= 15 is 0 Å². The Morgan fingerprint density at radius 3 is 2.90 bits per heavy atom. The quantitative estimate of drug-likeness (QED) is 0.824. The lowest BCUT2D eigenvalue weighted by Gasteiger charge is -2.11. The maximum absolute atomic E-state index is 11.9. The summed E-state index contributed by atoms with van der Waals surface area (Å²) in [5, 5.41) is 5.42. The number of thiophene rings is 1. The number of rotatable bonds is 6. The van der Waals surface area contributed by atoms with Gasteiger partial charge in [0.15, 0.2) is 0 Å². The van der Waals surface area contributed by atoms with Crippen LogP contribution in [0.2, 0.25) is 0 Å². The number of aryl methyl sites for hydroxylation is 2. The van der Waals surface area contributed by atoms with Crippen LogP contribution >= 0.6 is 11.3 Å². The average Bonchev–Trinajstić information content (AvgIpc) is 2.81. The molecule has 2 aromatic rings. The number of hydrogen-bond acceptors (Lipinski definition) is 5. The normalized spacial score (nSPS) is 10.8. The van der Waals surface area contributed by atoms with Gasteiger partial charge in [0.05, 0.1) is 7.11 Å². The smallest absolute Gasteiger partial charge is 0.299 e. The minimum Gasteiger partial charge on any atom is -0.468 e. The Balaban J connectivity index is 1.94. The number of nitrogens with zero attached hydrogens (tertiary/aromatic N) is 2. The molecule has 0 aliphatic heterocycles. The Bertz CT molecular complexity index is 634. The Morgan fingerprint density at radius 1 is 1.45 bits per heavy atom. The lowest BCUT2D eigenvalue weighted by molar-refractivity contribution is 0.342. The maximum atomic E-state index is 11.9. The monoisotopic (exact) mass is 293 g/mol. The average molecular weight is 293 g/mol. The van der Waals surface area contributed by atoms with Crippen LogP contribution in [0.1, 0.15) is 16.1 Å². The standard InChI is InChI=1S/C14H19N3O2S/c1-10-4-7-20-12(10)9-15-5-6-17-13(18)8-11(2)16-14(17)19-3/h4,7-8,15H,5-6,9H2,1-3H3. The molecule has 2 aromatic heterocycles. The molecule has 2 rings (SSSR count). The fourth-order valence-electron chi connectivity index (χ4n) is 1.93. The molecule has 0 bridgehead atoms. The van der Waals surface area contributed by atoms with E-state index in [0.717, 1.165) is 6.54 Å². The number of ether oxygens (including phenoxy) is 1. The highest BCUT2D eigenvalue weighted by Gasteiger charge is 2.07. The number of nitrogens with one attached hydrogen (secondary N) is 1. The van der Waals surface area contributed by atoms with Gasteiger partial charge < -0.3 is 10.1 Å². The van der Waals surface area contributed by atoms with Gasteiger partial charge >= 0.3 is 0 Å².